The third kappa shape index (κ3) is 4.90. The fraction of sp³-hybridized carbons (Fsp3) is 0.316. The van der Waals surface area contributed by atoms with Crippen molar-refractivity contribution in [2.45, 2.75) is 36.7 Å². The number of carbonyl (C=O) groups is 1. The van der Waals surface area contributed by atoms with Crippen molar-refractivity contribution < 1.29 is 22.9 Å². The Hall–Kier alpha value is -2.98. The lowest BCUT2D eigenvalue weighted by Crippen LogP contribution is -2.28. The molecule has 1 atom stereocenters. The summed E-state index contributed by atoms with van der Waals surface area (Å²) < 4.78 is 32.9. The lowest BCUT2D eigenvalue weighted by molar-refractivity contribution is -0.384. The van der Waals surface area contributed by atoms with Crippen LogP contribution in [0, 0.1) is 10.1 Å². The standard InChI is InChI=1S/C19H21N3O6S/c1-12(13-4-3-5-16(10-13)22(24)25)20-19(23)14-6-9-17(28-2)18(11-14)29(26,27)21-15-7-8-15/h3-6,9-12,15,21H,7-8H2,1-2H3,(H,20,23). The average Bonchev–Trinajstić information content (AvgIpc) is 3.50. The van der Waals surface area contributed by atoms with E-state index in [1.54, 1.807) is 13.0 Å². The maximum Gasteiger partial charge on any atom is 0.269 e. The van der Waals surface area contributed by atoms with E-state index < -0.39 is 26.9 Å². The zero-order valence-electron chi connectivity index (χ0n) is 15.9. The Morgan fingerprint density at radius 1 is 1.24 bits per heavy atom. The number of benzene rings is 2. The Kier molecular flexibility index (Phi) is 5.85. The van der Waals surface area contributed by atoms with E-state index in [-0.39, 0.29) is 27.9 Å². The van der Waals surface area contributed by atoms with Crippen LogP contribution in [0.4, 0.5) is 5.69 Å². The van der Waals surface area contributed by atoms with Crippen molar-refractivity contribution in [1.82, 2.24) is 10.0 Å². The molecule has 10 heteroatoms. The van der Waals surface area contributed by atoms with Gasteiger partial charge in [-0.2, -0.15) is 0 Å². The molecule has 1 amide bonds. The number of carbonyl (C=O) groups excluding carboxylic acids is 1. The Bertz CT molecular complexity index is 1050. The van der Waals surface area contributed by atoms with Crippen molar-refractivity contribution in [3.05, 3.63) is 63.7 Å². The summed E-state index contributed by atoms with van der Waals surface area (Å²) >= 11 is 0. The Morgan fingerprint density at radius 2 is 1.97 bits per heavy atom. The lowest BCUT2D eigenvalue weighted by atomic mass is 10.1. The molecule has 1 unspecified atom stereocenters. The minimum atomic E-state index is -3.82. The maximum absolute atomic E-state index is 12.7. The number of nitro groups is 1. The van der Waals surface area contributed by atoms with Crippen molar-refractivity contribution in [1.29, 1.82) is 0 Å². The molecule has 1 saturated carbocycles. The summed E-state index contributed by atoms with van der Waals surface area (Å²) in [5, 5.41) is 13.7. The molecule has 154 valence electrons. The van der Waals surface area contributed by atoms with Gasteiger partial charge in [0.2, 0.25) is 10.0 Å². The quantitative estimate of drug-likeness (QED) is 0.500. The van der Waals surface area contributed by atoms with Gasteiger partial charge in [0.25, 0.3) is 11.6 Å². The van der Waals surface area contributed by atoms with Gasteiger partial charge in [0.05, 0.1) is 18.1 Å². The van der Waals surface area contributed by atoms with E-state index in [1.165, 1.54) is 43.5 Å². The topological polar surface area (TPSA) is 128 Å². The van der Waals surface area contributed by atoms with Gasteiger partial charge >= 0.3 is 0 Å². The molecule has 0 bridgehead atoms. The predicted molar refractivity (Wildman–Crippen MR) is 105 cm³/mol. The number of amides is 1. The first-order valence-electron chi connectivity index (χ1n) is 8.97. The van der Waals surface area contributed by atoms with E-state index in [9.17, 15) is 23.3 Å². The third-order valence-corrected chi connectivity index (χ3v) is 6.08. The molecule has 3 rings (SSSR count). The fourth-order valence-corrected chi connectivity index (χ4v) is 4.28. The van der Waals surface area contributed by atoms with Crippen LogP contribution in [0.5, 0.6) is 5.75 Å². The zero-order chi connectivity index (χ0) is 21.2. The zero-order valence-corrected chi connectivity index (χ0v) is 16.7. The van der Waals surface area contributed by atoms with Gasteiger partial charge in [0, 0.05) is 23.7 Å². The predicted octanol–water partition coefficient (Wildman–Crippen LogP) is 2.54. The van der Waals surface area contributed by atoms with Crippen LogP contribution < -0.4 is 14.8 Å². The third-order valence-electron chi connectivity index (χ3n) is 4.54. The van der Waals surface area contributed by atoms with Crippen LogP contribution in [0.3, 0.4) is 0 Å². The molecule has 29 heavy (non-hydrogen) atoms. The fourth-order valence-electron chi connectivity index (χ4n) is 2.78. The molecule has 0 heterocycles. The van der Waals surface area contributed by atoms with Crippen LogP contribution in [0.1, 0.15) is 41.7 Å². The number of ether oxygens (including phenoxy) is 1. The summed E-state index contributed by atoms with van der Waals surface area (Å²) in [7, 11) is -2.46. The monoisotopic (exact) mass is 419 g/mol. The van der Waals surface area contributed by atoms with Gasteiger partial charge in [-0.05, 0) is 43.5 Å². The number of hydrogen-bond acceptors (Lipinski definition) is 6. The van der Waals surface area contributed by atoms with Crippen molar-refractivity contribution in [2.75, 3.05) is 7.11 Å². The molecule has 1 aliphatic rings. The van der Waals surface area contributed by atoms with Crippen LogP contribution in [0.15, 0.2) is 47.4 Å². The molecule has 0 radical (unpaired) electrons. The van der Waals surface area contributed by atoms with Gasteiger partial charge in [0.15, 0.2) is 0 Å². The first-order chi connectivity index (χ1) is 13.7. The molecular formula is C19H21N3O6S. The van der Waals surface area contributed by atoms with Crippen molar-refractivity contribution >= 4 is 21.6 Å². The number of sulfonamides is 1. The van der Waals surface area contributed by atoms with Gasteiger partial charge < -0.3 is 10.1 Å². The first kappa shape index (κ1) is 20.7. The Labute approximate surface area is 168 Å². The van der Waals surface area contributed by atoms with Crippen molar-refractivity contribution in [3.63, 3.8) is 0 Å². The maximum atomic E-state index is 12.7. The molecule has 2 aromatic carbocycles. The minimum Gasteiger partial charge on any atom is -0.495 e. The summed E-state index contributed by atoms with van der Waals surface area (Å²) in [6, 6.07) is 9.50. The summed E-state index contributed by atoms with van der Waals surface area (Å²) in [5.41, 5.74) is 0.621. The average molecular weight is 419 g/mol. The molecule has 2 N–H and O–H groups in total. The summed E-state index contributed by atoms with van der Waals surface area (Å²) in [5.74, 6) is -0.365. The van der Waals surface area contributed by atoms with Gasteiger partial charge in [-0.15, -0.1) is 0 Å². The second-order valence-corrected chi connectivity index (χ2v) is 8.49. The molecule has 2 aromatic rings. The van der Waals surface area contributed by atoms with Crippen LogP contribution in [-0.4, -0.2) is 32.4 Å². The smallest absolute Gasteiger partial charge is 0.269 e. The number of nitrogens with zero attached hydrogens (tertiary/aromatic N) is 1. The highest BCUT2D eigenvalue weighted by Crippen LogP contribution is 2.28. The highest BCUT2D eigenvalue weighted by atomic mass is 32.2. The highest BCUT2D eigenvalue weighted by molar-refractivity contribution is 7.89. The molecule has 0 aromatic heterocycles. The van der Waals surface area contributed by atoms with Crippen LogP contribution in [-0.2, 0) is 10.0 Å². The SMILES string of the molecule is COc1ccc(C(=O)NC(C)c2cccc([N+](=O)[O-])c2)cc1S(=O)(=O)NC1CC1. The van der Waals surface area contributed by atoms with E-state index in [4.69, 9.17) is 4.74 Å². The molecule has 0 aliphatic heterocycles. The van der Waals surface area contributed by atoms with Gasteiger partial charge in [-0.25, -0.2) is 13.1 Å². The lowest BCUT2D eigenvalue weighted by Gasteiger charge is -2.16. The van der Waals surface area contributed by atoms with Crippen LogP contribution in [0.25, 0.3) is 0 Å². The molecular weight excluding hydrogens is 398 g/mol. The van der Waals surface area contributed by atoms with Gasteiger partial charge in [0.1, 0.15) is 10.6 Å². The first-order valence-corrected chi connectivity index (χ1v) is 10.4. The molecule has 1 aliphatic carbocycles. The van der Waals surface area contributed by atoms with Crippen molar-refractivity contribution in [2.24, 2.45) is 0 Å². The normalized spacial score (nSPS) is 14.8. The molecule has 1 fully saturated rings. The Balaban J connectivity index is 1.82. The van der Waals surface area contributed by atoms with Crippen LogP contribution >= 0.6 is 0 Å². The van der Waals surface area contributed by atoms with E-state index in [2.05, 4.69) is 10.0 Å². The van der Waals surface area contributed by atoms with E-state index in [0.717, 1.165) is 12.8 Å². The second-order valence-electron chi connectivity index (χ2n) is 6.81. The molecule has 0 spiro atoms. The highest BCUT2D eigenvalue weighted by Gasteiger charge is 2.30. The summed E-state index contributed by atoms with van der Waals surface area (Å²) in [4.78, 5) is 23.0. The van der Waals surface area contributed by atoms with E-state index >= 15 is 0 Å². The van der Waals surface area contributed by atoms with Gasteiger partial charge in [-0.3, -0.25) is 14.9 Å². The minimum absolute atomic E-state index is 0.0763. The van der Waals surface area contributed by atoms with E-state index in [0.29, 0.717) is 5.56 Å². The number of methoxy groups -OCH3 is 1. The summed E-state index contributed by atoms with van der Waals surface area (Å²) in [6.07, 6.45) is 1.56. The Morgan fingerprint density at radius 3 is 2.59 bits per heavy atom. The number of rotatable bonds is 8. The number of nitrogens with one attached hydrogen (secondary N) is 2. The molecule has 0 saturated heterocycles. The van der Waals surface area contributed by atoms with E-state index in [1.807, 2.05) is 0 Å². The summed E-state index contributed by atoms with van der Waals surface area (Å²) in [6.45, 7) is 1.69. The van der Waals surface area contributed by atoms with Crippen molar-refractivity contribution in [3.8, 4) is 5.75 Å². The second kappa shape index (κ2) is 8.18. The van der Waals surface area contributed by atoms with Crippen LogP contribution in [0.2, 0.25) is 0 Å². The number of nitro benzene ring substituents is 1. The van der Waals surface area contributed by atoms with Gasteiger partial charge in [-0.1, -0.05) is 12.1 Å². The largest absolute Gasteiger partial charge is 0.495 e. The number of hydrogen-bond donors (Lipinski definition) is 2. The molecule has 9 nitrogen and oxygen atoms in total. The number of non-ortho nitro benzene ring substituents is 1.